The van der Waals surface area contributed by atoms with Crippen molar-refractivity contribution >= 4 is 21.6 Å². The van der Waals surface area contributed by atoms with Gasteiger partial charge in [-0.3, -0.25) is 0 Å². The second-order valence-corrected chi connectivity index (χ2v) is 8.72. The first kappa shape index (κ1) is 21.2. The highest BCUT2D eigenvalue weighted by molar-refractivity contribution is 7.89. The molecule has 6 nitrogen and oxygen atoms in total. The molecule has 0 aliphatic carbocycles. The first-order valence-corrected chi connectivity index (χ1v) is 10.8. The van der Waals surface area contributed by atoms with E-state index in [2.05, 4.69) is 9.29 Å². The van der Waals surface area contributed by atoms with Crippen molar-refractivity contribution in [1.82, 2.24) is 9.29 Å². The lowest BCUT2D eigenvalue weighted by Gasteiger charge is -2.12. The second-order valence-electron chi connectivity index (χ2n) is 6.55. The molecule has 0 unspecified atom stereocenters. The van der Waals surface area contributed by atoms with Crippen molar-refractivity contribution in [3.05, 3.63) is 70.5 Å². The largest absolute Gasteiger partial charge is 0.497 e. The smallest absolute Gasteiger partial charge is 0.244 e. The van der Waals surface area contributed by atoms with Gasteiger partial charge in [0.05, 0.1) is 14.2 Å². The maximum absolute atomic E-state index is 12.8. The van der Waals surface area contributed by atoms with Crippen LogP contribution in [0.1, 0.15) is 17.0 Å². The van der Waals surface area contributed by atoms with Crippen molar-refractivity contribution in [3.63, 3.8) is 0 Å². The van der Waals surface area contributed by atoms with Crippen molar-refractivity contribution in [2.24, 2.45) is 0 Å². The van der Waals surface area contributed by atoms with Crippen LogP contribution in [-0.2, 0) is 16.6 Å². The van der Waals surface area contributed by atoms with Gasteiger partial charge in [0.2, 0.25) is 10.0 Å². The molecule has 0 fully saturated rings. The summed E-state index contributed by atoms with van der Waals surface area (Å²) in [6.45, 7) is 4.09. The Hall–Kier alpha value is -2.48. The standard InChI is InChI=1S/C21H23ClN2O4S/c1-14-11-16(15(2)24(14)18-6-8-19(27-3)9-7-18)13-23-29(25,26)21-12-17(22)5-10-20(21)28-4/h5-12,23H,13H2,1-4H3. The van der Waals surface area contributed by atoms with Crippen LogP contribution in [0.25, 0.3) is 5.69 Å². The molecule has 0 aliphatic rings. The van der Waals surface area contributed by atoms with Gasteiger partial charge in [-0.25, -0.2) is 13.1 Å². The van der Waals surface area contributed by atoms with E-state index in [-0.39, 0.29) is 17.2 Å². The Kier molecular flexibility index (Phi) is 6.21. The summed E-state index contributed by atoms with van der Waals surface area (Å²) in [5.74, 6) is 1.02. The number of aryl methyl sites for hydroxylation is 1. The summed E-state index contributed by atoms with van der Waals surface area (Å²) in [5.41, 5.74) is 3.81. The van der Waals surface area contributed by atoms with Crippen LogP contribution in [0.5, 0.6) is 11.5 Å². The van der Waals surface area contributed by atoms with Gasteiger partial charge < -0.3 is 14.0 Å². The first-order valence-electron chi connectivity index (χ1n) is 8.92. The van der Waals surface area contributed by atoms with Crippen molar-refractivity contribution in [1.29, 1.82) is 0 Å². The molecule has 1 heterocycles. The fraction of sp³-hybridized carbons (Fsp3) is 0.238. The minimum Gasteiger partial charge on any atom is -0.497 e. The average molecular weight is 435 g/mol. The SMILES string of the molecule is COc1ccc(-n2c(C)cc(CNS(=O)(=O)c3cc(Cl)ccc3OC)c2C)cc1. The van der Waals surface area contributed by atoms with Gasteiger partial charge in [0.25, 0.3) is 0 Å². The highest BCUT2D eigenvalue weighted by Crippen LogP contribution is 2.28. The zero-order chi connectivity index (χ0) is 21.2. The Morgan fingerprint density at radius 1 is 1.00 bits per heavy atom. The van der Waals surface area contributed by atoms with Gasteiger partial charge in [0.15, 0.2) is 0 Å². The summed E-state index contributed by atoms with van der Waals surface area (Å²) in [4.78, 5) is 0.0106. The van der Waals surface area contributed by atoms with Gasteiger partial charge in [0.1, 0.15) is 16.4 Å². The van der Waals surface area contributed by atoms with E-state index in [1.807, 2.05) is 44.2 Å². The van der Waals surface area contributed by atoms with Crippen LogP contribution in [0.4, 0.5) is 0 Å². The maximum atomic E-state index is 12.8. The molecule has 3 aromatic rings. The first-order chi connectivity index (χ1) is 13.8. The number of nitrogens with one attached hydrogen (secondary N) is 1. The number of ether oxygens (including phenoxy) is 2. The van der Waals surface area contributed by atoms with Crippen LogP contribution in [0.3, 0.4) is 0 Å². The van der Waals surface area contributed by atoms with E-state index in [4.69, 9.17) is 21.1 Å². The molecule has 0 aliphatic heterocycles. The van der Waals surface area contributed by atoms with E-state index in [0.29, 0.717) is 5.02 Å². The zero-order valence-corrected chi connectivity index (χ0v) is 18.3. The molecule has 8 heteroatoms. The second kappa shape index (κ2) is 8.49. The van der Waals surface area contributed by atoms with Gasteiger partial charge in [-0.1, -0.05) is 11.6 Å². The van der Waals surface area contributed by atoms with Gasteiger partial charge in [-0.05, 0) is 67.9 Å². The lowest BCUT2D eigenvalue weighted by atomic mass is 10.2. The Morgan fingerprint density at radius 3 is 2.31 bits per heavy atom. The van der Waals surface area contributed by atoms with Crippen molar-refractivity contribution in [2.45, 2.75) is 25.3 Å². The summed E-state index contributed by atoms with van der Waals surface area (Å²) in [6.07, 6.45) is 0. The molecule has 29 heavy (non-hydrogen) atoms. The normalized spacial score (nSPS) is 11.5. The summed E-state index contributed by atoms with van der Waals surface area (Å²) >= 11 is 5.98. The van der Waals surface area contributed by atoms with E-state index >= 15 is 0 Å². The molecule has 0 saturated carbocycles. The van der Waals surface area contributed by atoms with Crippen LogP contribution in [-0.4, -0.2) is 27.2 Å². The maximum Gasteiger partial charge on any atom is 0.244 e. The van der Waals surface area contributed by atoms with Crippen LogP contribution >= 0.6 is 11.6 Å². The molecule has 0 radical (unpaired) electrons. The number of methoxy groups -OCH3 is 2. The summed E-state index contributed by atoms with van der Waals surface area (Å²) in [6, 6.07) is 14.2. The van der Waals surface area contributed by atoms with Gasteiger partial charge in [-0.15, -0.1) is 0 Å². The Labute approximate surface area is 176 Å². The lowest BCUT2D eigenvalue weighted by Crippen LogP contribution is -2.24. The van der Waals surface area contributed by atoms with E-state index in [0.717, 1.165) is 28.4 Å². The Morgan fingerprint density at radius 2 is 1.69 bits per heavy atom. The predicted molar refractivity (Wildman–Crippen MR) is 114 cm³/mol. The van der Waals surface area contributed by atoms with Crippen molar-refractivity contribution in [2.75, 3.05) is 14.2 Å². The fourth-order valence-corrected chi connectivity index (χ4v) is 4.68. The number of hydrogen-bond acceptors (Lipinski definition) is 4. The van der Waals surface area contributed by atoms with Crippen LogP contribution in [0.2, 0.25) is 5.02 Å². The number of hydrogen-bond donors (Lipinski definition) is 1. The molecule has 1 aromatic heterocycles. The molecular formula is C21H23ClN2O4S. The predicted octanol–water partition coefficient (Wildman–Crippen LogP) is 4.24. The molecule has 3 rings (SSSR count). The van der Waals surface area contributed by atoms with E-state index in [1.54, 1.807) is 13.2 Å². The number of rotatable bonds is 7. The van der Waals surface area contributed by atoms with Crippen LogP contribution < -0.4 is 14.2 Å². The Bertz CT molecular complexity index is 1120. The average Bonchev–Trinajstić information content (AvgIpc) is 3.00. The third-order valence-corrected chi connectivity index (χ3v) is 6.39. The summed E-state index contributed by atoms with van der Waals surface area (Å²) < 4.78 is 40.7. The highest BCUT2D eigenvalue weighted by atomic mass is 35.5. The van der Waals surface area contributed by atoms with Gasteiger partial charge in [0, 0.05) is 28.6 Å². The number of benzene rings is 2. The van der Waals surface area contributed by atoms with E-state index in [1.165, 1.54) is 19.2 Å². The third-order valence-electron chi connectivity index (χ3n) is 4.73. The van der Waals surface area contributed by atoms with Gasteiger partial charge >= 0.3 is 0 Å². The molecule has 0 spiro atoms. The molecule has 154 valence electrons. The lowest BCUT2D eigenvalue weighted by molar-refractivity contribution is 0.402. The number of nitrogens with zero attached hydrogens (tertiary/aromatic N) is 1. The topological polar surface area (TPSA) is 69.6 Å². The quantitative estimate of drug-likeness (QED) is 0.603. The highest BCUT2D eigenvalue weighted by Gasteiger charge is 2.21. The number of sulfonamides is 1. The zero-order valence-electron chi connectivity index (χ0n) is 16.7. The molecule has 0 amide bonds. The van der Waals surface area contributed by atoms with Crippen LogP contribution in [0.15, 0.2) is 53.4 Å². The minimum absolute atomic E-state index is 0.0106. The van der Waals surface area contributed by atoms with E-state index in [9.17, 15) is 8.42 Å². The van der Waals surface area contributed by atoms with Crippen LogP contribution in [0, 0.1) is 13.8 Å². The number of halogens is 1. The number of aromatic nitrogens is 1. The fourth-order valence-electron chi connectivity index (χ4n) is 3.25. The molecule has 2 aromatic carbocycles. The molecular weight excluding hydrogens is 412 g/mol. The minimum atomic E-state index is -3.80. The molecule has 0 atom stereocenters. The Balaban J connectivity index is 1.87. The molecule has 0 bridgehead atoms. The monoisotopic (exact) mass is 434 g/mol. The van der Waals surface area contributed by atoms with Crippen molar-refractivity contribution in [3.8, 4) is 17.2 Å². The van der Waals surface area contributed by atoms with E-state index < -0.39 is 10.0 Å². The molecule has 1 N–H and O–H groups in total. The van der Waals surface area contributed by atoms with Crippen molar-refractivity contribution < 1.29 is 17.9 Å². The third kappa shape index (κ3) is 4.42. The van der Waals surface area contributed by atoms with Gasteiger partial charge in [-0.2, -0.15) is 0 Å². The molecule has 0 saturated heterocycles. The summed E-state index contributed by atoms with van der Waals surface area (Å²) in [5, 5.41) is 0.323. The summed E-state index contributed by atoms with van der Waals surface area (Å²) in [7, 11) is -0.756.